The number of H-pyrrole nitrogens is 1. The average molecular weight is 310 g/mol. The number of nitrogen functional groups attached to an aromatic ring is 1. The SMILES string of the molecule is COc1cccc2c(OC(=O)c3cc(C)cc(C)c3N)c[nH]c12. The van der Waals surface area contributed by atoms with Crippen LogP contribution < -0.4 is 15.2 Å². The molecule has 0 saturated heterocycles. The van der Waals surface area contributed by atoms with E-state index >= 15 is 0 Å². The van der Waals surface area contributed by atoms with E-state index in [2.05, 4.69) is 4.98 Å². The summed E-state index contributed by atoms with van der Waals surface area (Å²) in [5.74, 6) is 0.663. The number of aromatic nitrogens is 1. The van der Waals surface area contributed by atoms with Crippen molar-refractivity contribution in [3.05, 3.63) is 53.2 Å². The van der Waals surface area contributed by atoms with Crippen LogP contribution in [0.25, 0.3) is 10.9 Å². The first-order valence-electron chi connectivity index (χ1n) is 7.24. The Morgan fingerprint density at radius 3 is 2.70 bits per heavy atom. The second kappa shape index (κ2) is 5.68. The second-order valence-electron chi connectivity index (χ2n) is 5.47. The minimum absolute atomic E-state index is 0.375. The van der Waals surface area contributed by atoms with E-state index < -0.39 is 5.97 Å². The summed E-state index contributed by atoms with van der Waals surface area (Å²) >= 11 is 0. The van der Waals surface area contributed by atoms with Gasteiger partial charge in [-0.05, 0) is 43.2 Å². The average Bonchev–Trinajstić information content (AvgIpc) is 2.93. The molecule has 1 heterocycles. The zero-order valence-corrected chi connectivity index (χ0v) is 13.3. The van der Waals surface area contributed by atoms with Crippen molar-refractivity contribution in [1.29, 1.82) is 0 Å². The van der Waals surface area contributed by atoms with E-state index in [-0.39, 0.29) is 0 Å². The number of aryl methyl sites for hydroxylation is 2. The van der Waals surface area contributed by atoms with Gasteiger partial charge in [0, 0.05) is 17.3 Å². The number of ether oxygens (including phenoxy) is 2. The predicted octanol–water partition coefficient (Wildman–Crippen LogP) is 3.59. The van der Waals surface area contributed by atoms with Gasteiger partial charge in [-0.25, -0.2) is 4.79 Å². The van der Waals surface area contributed by atoms with Crippen LogP contribution in [0.2, 0.25) is 0 Å². The molecule has 0 aliphatic carbocycles. The summed E-state index contributed by atoms with van der Waals surface area (Å²) in [5, 5.41) is 0.778. The van der Waals surface area contributed by atoms with Crippen LogP contribution in [0.15, 0.2) is 36.5 Å². The number of carbonyl (C=O) groups excluding carboxylic acids is 1. The van der Waals surface area contributed by atoms with Crippen LogP contribution in [-0.2, 0) is 0 Å². The van der Waals surface area contributed by atoms with Gasteiger partial charge in [-0.2, -0.15) is 0 Å². The Bertz CT molecular complexity index is 897. The monoisotopic (exact) mass is 310 g/mol. The number of carbonyl (C=O) groups is 1. The number of nitrogens with two attached hydrogens (primary N) is 1. The van der Waals surface area contributed by atoms with Crippen molar-refractivity contribution in [2.24, 2.45) is 0 Å². The first kappa shape index (κ1) is 15.0. The van der Waals surface area contributed by atoms with E-state index in [9.17, 15) is 4.79 Å². The van der Waals surface area contributed by atoms with Crippen LogP contribution in [0.4, 0.5) is 5.69 Å². The number of esters is 1. The third kappa shape index (κ3) is 2.61. The van der Waals surface area contributed by atoms with Gasteiger partial charge in [-0.3, -0.25) is 0 Å². The standard InChI is InChI=1S/C18H18N2O3/c1-10-7-11(2)16(19)13(8-10)18(21)23-15-9-20-17-12(15)5-4-6-14(17)22-3/h4-9,20H,19H2,1-3H3. The number of hydrogen-bond donors (Lipinski definition) is 2. The Labute approximate surface area is 134 Å². The number of methoxy groups -OCH3 is 1. The molecule has 3 N–H and O–H groups in total. The highest BCUT2D eigenvalue weighted by molar-refractivity contribution is 6.00. The Morgan fingerprint density at radius 1 is 1.17 bits per heavy atom. The summed E-state index contributed by atoms with van der Waals surface area (Å²) < 4.78 is 10.8. The van der Waals surface area contributed by atoms with E-state index in [0.717, 1.165) is 22.0 Å². The smallest absolute Gasteiger partial charge is 0.345 e. The van der Waals surface area contributed by atoms with Gasteiger partial charge in [0.1, 0.15) is 5.75 Å². The lowest BCUT2D eigenvalue weighted by molar-refractivity contribution is 0.0738. The molecule has 5 heteroatoms. The van der Waals surface area contributed by atoms with Crippen molar-refractivity contribution >= 4 is 22.6 Å². The Hall–Kier alpha value is -2.95. The second-order valence-corrected chi connectivity index (χ2v) is 5.47. The van der Waals surface area contributed by atoms with Gasteiger partial charge >= 0.3 is 5.97 Å². The minimum atomic E-state index is -0.474. The number of hydrogen-bond acceptors (Lipinski definition) is 4. The van der Waals surface area contributed by atoms with Crippen molar-refractivity contribution in [2.75, 3.05) is 12.8 Å². The molecule has 23 heavy (non-hydrogen) atoms. The van der Waals surface area contributed by atoms with Gasteiger partial charge in [-0.15, -0.1) is 0 Å². The van der Waals surface area contributed by atoms with E-state index in [1.54, 1.807) is 19.4 Å². The van der Waals surface area contributed by atoms with Crippen LogP contribution >= 0.6 is 0 Å². The first-order valence-corrected chi connectivity index (χ1v) is 7.24. The van der Waals surface area contributed by atoms with Crippen molar-refractivity contribution < 1.29 is 14.3 Å². The largest absolute Gasteiger partial charge is 0.495 e. The summed E-state index contributed by atoms with van der Waals surface area (Å²) in [6, 6.07) is 9.22. The van der Waals surface area contributed by atoms with Gasteiger partial charge in [0.15, 0.2) is 5.75 Å². The molecule has 0 aliphatic heterocycles. The molecule has 0 spiro atoms. The summed E-state index contributed by atoms with van der Waals surface area (Å²) in [6.07, 6.45) is 1.64. The van der Waals surface area contributed by atoms with Crippen LogP contribution in [-0.4, -0.2) is 18.1 Å². The van der Waals surface area contributed by atoms with Gasteiger partial charge in [-0.1, -0.05) is 12.1 Å². The van der Waals surface area contributed by atoms with Crippen molar-refractivity contribution in [2.45, 2.75) is 13.8 Å². The maximum absolute atomic E-state index is 12.5. The lowest BCUT2D eigenvalue weighted by atomic mass is 10.0. The van der Waals surface area contributed by atoms with E-state index in [1.807, 2.05) is 38.1 Å². The fourth-order valence-corrected chi connectivity index (χ4v) is 2.66. The Morgan fingerprint density at radius 2 is 1.96 bits per heavy atom. The quantitative estimate of drug-likeness (QED) is 0.572. The van der Waals surface area contributed by atoms with Crippen molar-refractivity contribution in [3.63, 3.8) is 0 Å². The molecule has 5 nitrogen and oxygen atoms in total. The molecule has 0 bridgehead atoms. The highest BCUT2D eigenvalue weighted by Gasteiger charge is 2.17. The topological polar surface area (TPSA) is 77.3 Å². The van der Waals surface area contributed by atoms with E-state index in [0.29, 0.717) is 22.7 Å². The summed E-state index contributed by atoms with van der Waals surface area (Å²) in [7, 11) is 1.59. The van der Waals surface area contributed by atoms with Crippen molar-refractivity contribution in [1.82, 2.24) is 4.98 Å². The summed E-state index contributed by atoms with van der Waals surface area (Å²) in [4.78, 5) is 15.6. The molecule has 0 amide bonds. The predicted molar refractivity (Wildman–Crippen MR) is 90.1 cm³/mol. The third-order valence-corrected chi connectivity index (χ3v) is 3.81. The van der Waals surface area contributed by atoms with Gasteiger partial charge in [0.25, 0.3) is 0 Å². The number of para-hydroxylation sites is 1. The Balaban J connectivity index is 1.98. The van der Waals surface area contributed by atoms with Crippen molar-refractivity contribution in [3.8, 4) is 11.5 Å². The molecule has 1 aromatic heterocycles. The maximum atomic E-state index is 12.5. The zero-order valence-electron chi connectivity index (χ0n) is 13.3. The van der Waals surface area contributed by atoms with Gasteiger partial charge in [0.2, 0.25) is 0 Å². The molecule has 0 aliphatic rings. The van der Waals surface area contributed by atoms with Crippen LogP contribution in [0.5, 0.6) is 11.5 Å². The molecule has 0 radical (unpaired) electrons. The normalized spacial score (nSPS) is 10.7. The first-order chi connectivity index (χ1) is 11.0. The fraction of sp³-hybridized carbons (Fsp3) is 0.167. The molecular formula is C18H18N2O3. The molecule has 0 fully saturated rings. The third-order valence-electron chi connectivity index (χ3n) is 3.81. The summed E-state index contributed by atoms with van der Waals surface area (Å²) in [5.41, 5.74) is 9.43. The molecule has 0 unspecified atom stereocenters. The van der Waals surface area contributed by atoms with E-state index in [1.165, 1.54) is 0 Å². The fourth-order valence-electron chi connectivity index (χ4n) is 2.66. The molecule has 118 valence electrons. The highest BCUT2D eigenvalue weighted by atomic mass is 16.5. The lowest BCUT2D eigenvalue weighted by Crippen LogP contribution is -2.12. The summed E-state index contributed by atoms with van der Waals surface area (Å²) in [6.45, 7) is 3.79. The minimum Gasteiger partial charge on any atom is -0.495 e. The number of rotatable bonds is 3. The molecule has 0 atom stereocenters. The zero-order chi connectivity index (χ0) is 16.6. The Kier molecular flexibility index (Phi) is 3.70. The molecule has 3 aromatic rings. The molecule has 3 rings (SSSR count). The maximum Gasteiger partial charge on any atom is 0.345 e. The molecule has 0 saturated carbocycles. The van der Waals surface area contributed by atoms with Crippen LogP contribution in [0.1, 0.15) is 21.5 Å². The lowest BCUT2D eigenvalue weighted by Gasteiger charge is -2.09. The number of anilines is 1. The number of benzene rings is 2. The van der Waals surface area contributed by atoms with Gasteiger partial charge < -0.3 is 20.2 Å². The number of aromatic amines is 1. The highest BCUT2D eigenvalue weighted by Crippen LogP contribution is 2.32. The van der Waals surface area contributed by atoms with Crippen LogP contribution in [0.3, 0.4) is 0 Å². The number of nitrogens with one attached hydrogen (secondary N) is 1. The van der Waals surface area contributed by atoms with Gasteiger partial charge in [0.05, 0.1) is 18.2 Å². The molecular weight excluding hydrogens is 292 g/mol. The van der Waals surface area contributed by atoms with Crippen LogP contribution in [0, 0.1) is 13.8 Å². The number of fused-ring (bicyclic) bond motifs is 1. The molecule has 2 aromatic carbocycles. The van der Waals surface area contributed by atoms with E-state index in [4.69, 9.17) is 15.2 Å².